The van der Waals surface area contributed by atoms with Crippen LogP contribution in [0, 0.1) is 0 Å². The molecular weight excluding hydrogens is 282 g/mol. The van der Waals surface area contributed by atoms with Crippen LogP contribution in [0.2, 0.25) is 0 Å². The number of nitrogens with zero attached hydrogens (tertiary/aromatic N) is 3. The predicted octanol–water partition coefficient (Wildman–Crippen LogP) is 2.41. The first-order chi connectivity index (χ1) is 10.3. The van der Waals surface area contributed by atoms with Crippen molar-refractivity contribution in [3.05, 3.63) is 60.2 Å². The van der Waals surface area contributed by atoms with Gasteiger partial charge in [0.2, 0.25) is 5.91 Å². The first-order valence-electron chi connectivity index (χ1n) is 6.85. The number of amides is 1. The third-order valence-corrected chi connectivity index (χ3v) is 4.14. The van der Waals surface area contributed by atoms with Crippen LogP contribution >= 0.6 is 11.8 Å². The minimum absolute atomic E-state index is 0.170. The fourth-order valence-corrected chi connectivity index (χ4v) is 2.74. The van der Waals surface area contributed by atoms with Crippen LogP contribution in [0.1, 0.15) is 11.1 Å². The lowest BCUT2D eigenvalue weighted by Gasteiger charge is -2.17. The van der Waals surface area contributed by atoms with Gasteiger partial charge in [-0.1, -0.05) is 0 Å². The fourth-order valence-electron chi connectivity index (χ4n) is 1.82. The van der Waals surface area contributed by atoms with Crippen LogP contribution in [-0.4, -0.2) is 40.1 Å². The van der Waals surface area contributed by atoms with Crippen LogP contribution in [0.3, 0.4) is 0 Å². The van der Waals surface area contributed by atoms with Gasteiger partial charge in [-0.25, -0.2) is 0 Å². The van der Waals surface area contributed by atoms with E-state index >= 15 is 0 Å². The molecule has 0 aliphatic carbocycles. The van der Waals surface area contributed by atoms with Gasteiger partial charge >= 0.3 is 0 Å². The van der Waals surface area contributed by atoms with Crippen LogP contribution in [0.4, 0.5) is 0 Å². The topological polar surface area (TPSA) is 46.1 Å². The fraction of sp³-hybridized carbons (Fsp3) is 0.312. The molecule has 0 saturated carbocycles. The summed E-state index contributed by atoms with van der Waals surface area (Å²) in [6, 6.07) is 7.92. The average Bonchev–Trinajstić information content (AvgIpc) is 2.54. The molecule has 0 saturated heterocycles. The van der Waals surface area contributed by atoms with E-state index in [1.165, 1.54) is 11.1 Å². The maximum Gasteiger partial charge on any atom is 0.232 e. The van der Waals surface area contributed by atoms with Gasteiger partial charge in [0.25, 0.3) is 0 Å². The number of aromatic nitrogens is 2. The summed E-state index contributed by atoms with van der Waals surface area (Å²) in [5.41, 5.74) is 2.40. The Morgan fingerprint density at radius 1 is 1.05 bits per heavy atom. The molecule has 0 aromatic carbocycles. The van der Waals surface area contributed by atoms with Crippen LogP contribution in [0.25, 0.3) is 0 Å². The Hall–Kier alpha value is -1.88. The van der Waals surface area contributed by atoms with Crippen molar-refractivity contribution >= 4 is 17.7 Å². The monoisotopic (exact) mass is 301 g/mol. The molecule has 5 heteroatoms. The molecule has 21 heavy (non-hydrogen) atoms. The van der Waals surface area contributed by atoms with Gasteiger partial charge in [-0.3, -0.25) is 14.8 Å². The Morgan fingerprint density at radius 3 is 2.24 bits per heavy atom. The second-order valence-corrected chi connectivity index (χ2v) is 5.75. The largest absolute Gasteiger partial charge is 0.345 e. The highest BCUT2D eigenvalue weighted by Gasteiger charge is 2.08. The van der Waals surface area contributed by atoms with Gasteiger partial charge < -0.3 is 4.90 Å². The van der Waals surface area contributed by atoms with Gasteiger partial charge in [0.1, 0.15) is 0 Å². The lowest BCUT2D eigenvalue weighted by molar-refractivity contribution is -0.127. The van der Waals surface area contributed by atoms with Gasteiger partial charge in [0, 0.05) is 44.1 Å². The van der Waals surface area contributed by atoms with Crippen molar-refractivity contribution in [2.24, 2.45) is 0 Å². The lowest BCUT2D eigenvalue weighted by atomic mass is 10.2. The Morgan fingerprint density at radius 2 is 1.62 bits per heavy atom. The highest BCUT2D eigenvalue weighted by atomic mass is 32.2. The van der Waals surface area contributed by atoms with Crippen molar-refractivity contribution in [1.82, 2.24) is 14.9 Å². The number of carbonyl (C=O) groups excluding carboxylic acids is 1. The van der Waals surface area contributed by atoms with Gasteiger partial charge in [0.15, 0.2) is 0 Å². The van der Waals surface area contributed by atoms with Gasteiger partial charge in [-0.2, -0.15) is 0 Å². The molecule has 2 aromatic heterocycles. The number of pyridine rings is 2. The highest BCUT2D eigenvalue weighted by molar-refractivity contribution is 7.99. The average molecular weight is 301 g/mol. The number of likely N-dealkylation sites (N-methyl/N-ethyl adjacent to an activating group) is 1. The van der Waals surface area contributed by atoms with E-state index in [1.54, 1.807) is 41.4 Å². The Kier molecular flexibility index (Phi) is 6.22. The molecule has 1 amide bonds. The maximum absolute atomic E-state index is 12.0. The van der Waals surface area contributed by atoms with Gasteiger partial charge in [-0.15, -0.1) is 11.8 Å². The minimum Gasteiger partial charge on any atom is -0.345 e. The minimum atomic E-state index is 0.170. The van der Waals surface area contributed by atoms with E-state index in [9.17, 15) is 4.79 Å². The van der Waals surface area contributed by atoms with E-state index in [1.807, 2.05) is 31.3 Å². The van der Waals surface area contributed by atoms with Crippen molar-refractivity contribution in [1.29, 1.82) is 0 Å². The molecule has 0 unspecified atom stereocenters. The Labute approximate surface area is 129 Å². The summed E-state index contributed by atoms with van der Waals surface area (Å²) in [6.07, 6.45) is 7.97. The first kappa shape index (κ1) is 15.5. The molecule has 0 aliphatic rings. The second kappa shape index (κ2) is 8.42. The summed E-state index contributed by atoms with van der Waals surface area (Å²) >= 11 is 1.64. The van der Waals surface area contributed by atoms with Crippen molar-refractivity contribution in [3.63, 3.8) is 0 Å². The zero-order valence-corrected chi connectivity index (χ0v) is 12.9. The Balaban J connectivity index is 1.68. The number of rotatable bonds is 7. The molecule has 2 aromatic rings. The molecule has 0 bridgehead atoms. The summed E-state index contributed by atoms with van der Waals surface area (Å²) in [6.45, 7) is 0.735. The van der Waals surface area contributed by atoms with E-state index in [4.69, 9.17) is 0 Å². The van der Waals surface area contributed by atoms with Gasteiger partial charge in [0.05, 0.1) is 5.75 Å². The molecular formula is C16H19N3OS. The number of thioether (sulfide) groups is 1. The van der Waals surface area contributed by atoms with E-state index < -0.39 is 0 Å². The third-order valence-electron chi connectivity index (χ3n) is 3.15. The van der Waals surface area contributed by atoms with E-state index in [2.05, 4.69) is 9.97 Å². The van der Waals surface area contributed by atoms with Crippen molar-refractivity contribution in [3.8, 4) is 0 Å². The zero-order chi connectivity index (χ0) is 14.9. The van der Waals surface area contributed by atoms with Crippen molar-refractivity contribution in [2.75, 3.05) is 19.3 Å². The normalized spacial score (nSPS) is 10.3. The number of hydrogen-bond donors (Lipinski definition) is 0. The lowest BCUT2D eigenvalue weighted by Crippen LogP contribution is -2.30. The van der Waals surface area contributed by atoms with E-state index in [0.717, 1.165) is 18.7 Å². The molecule has 0 spiro atoms. The van der Waals surface area contributed by atoms with E-state index in [0.29, 0.717) is 5.75 Å². The Bertz CT molecular complexity index is 548. The molecule has 2 rings (SSSR count). The highest BCUT2D eigenvalue weighted by Crippen LogP contribution is 2.11. The van der Waals surface area contributed by atoms with E-state index in [-0.39, 0.29) is 5.91 Å². The molecule has 0 atom stereocenters. The third kappa shape index (κ3) is 5.55. The molecule has 2 heterocycles. The molecule has 0 fully saturated rings. The SMILES string of the molecule is CN(CCc1ccncc1)C(=O)CSCc1ccncc1. The summed E-state index contributed by atoms with van der Waals surface area (Å²) in [5.74, 6) is 1.52. The predicted molar refractivity (Wildman–Crippen MR) is 86.0 cm³/mol. The summed E-state index contributed by atoms with van der Waals surface area (Å²) in [7, 11) is 1.86. The number of hydrogen-bond acceptors (Lipinski definition) is 4. The number of carbonyl (C=O) groups is 1. The first-order valence-corrected chi connectivity index (χ1v) is 8.00. The van der Waals surface area contributed by atoms with Crippen LogP contribution in [-0.2, 0) is 17.0 Å². The van der Waals surface area contributed by atoms with Crippen molar-refractivity contribution in [2.45, 2.75) is 12.2 Å². The summed E-state index contributed by atoms with van der Waals surface area (Å²) in [5, 5.41) is 0. The quantitative estimate of drug-likeness (QED) is 0.788. The molecule has 0 aliphatic heterocycles. The second-order valence-electron chi connectivity index (χ2n) is 4.77. The molecule has 110 valence electrons. The van der Waals surface area contributed by atoms with Crippen molar-refractivity contribution < 1.29 is 4.79 Å². The summed E-state index contributed by atoms with van der Waals surface area (Å²) in [4.78, 5) is 21.8. The zero-order valence-electron chi connectivity index (χ0n) is 12.1. The standard InChI is InChI=1S/C16H19N3OS/c1-19(11-6-14-2-7-17-8-3-14)16(20)13-21-12-15-4-9-18-10-5-15/h2-5,7-10H,6,11-13H2,1H3. The molecule has 0 N–H and O–H groups in total. The smallest absolute Gasteiger partial charge is 0.232 e. The van der Waals surface area contributed by atoms with Crippen LogP contribution in [0.5, 0.6) is 0 Å². The summed E-state index contributed by atoms with van der Waals surface area (Å²) < 4.78 is 0. The van der Waals surface area contributed by atoms with Gasteiger partial charge in [-0.05, 0) is 41.8 Å². The van der Waals surface area contributed by atoms with Crippen LogP contribution < -0.4 is 0 Å². The molecule has 4 nitrogen and oxygen atoms in total. The van der Waals surface area contributed by atoms with Crippen LogP contribution in [0.15, 0.2) is 49.1 Å². The molecule has 0 radical (unpaired) electrons. The maximum atomic E-state index is 12.0.